The predicted molar refractivity (Wildman–Crippen MR) is 75.0 cm³/mol. The third-order valence-corrected chi connectivity index (χ3v) is 5.56. The normalized spacial score (nSPS) is 40.8. The largest absolute Gasteiger partial charge is 0.369 e. The van der Waals surface area contributed by atoms with E-state index in [1.54, 1.807) is 23.8 Å². The molecule has 118 valence electrons. The van der Waals surface area contributed by atoms with Crippen molar-refractivity contribution in [3.05, 3.63) is 0 Å². The van der Waals surface area contributed by atoms with Gasteiger partial charge in [-0.05, 0) is 25.7 Å². The number of rotatable bonds is 3. The molecule has 1 saturated heterocycles. The molecule has 6 nitrogen and oxygen atoms in total. The molecule has 0 aromatic rings. The van der Waals surface area contributed by atoms with Crippen molar-refractivity contribution >= 4 is 11.8 Å². The maximum Gasteiger partial charge on any atom is 0.225 e. The van der Waals surface area contributed by atoms with Crippen LogP contribution in [0.3, 0.4) is 0 Å². The monoisotopic (exact) mass is 296 g/mol. The van der Waals surface area contributed by atoms with Crippen LogP contribution in [-0.2, 0) is 14.3 Å². The Kier molecular flexibility index (Phi) is 3.29. The summed E-state index contributed by atoms with van der Waals surface area (Å²) in [5.41, 5.74) is -1.94. The highest BCUT2D eigenvalue weighted by atomic mass is 16.5. The highest BCUT2D eigenvalue weighted by molar-refractivity contribution is 5.81. The van der Waals surface area contributed by atoms with E-state index in [1.807, 2.05) is 6.92 Å². The van der Waals surface area contributed by atoms with E-state index in [1.165, 1.54) is 0 Å². The molecule has 2 aliphatic carbocycles. The van der Waals surface area contributed by atoms with Gasteiger partial charge in [-0.15, -0.1) is 0 Å². The molecule has 3 fully saturated rings. The average Bonchev–Trinajstić information content (AvgIpc) is 2.46. The third-order valence-electron chi connectivity index (χ3n) is 5.56. The Labute approximate surface area is 125 Å². The molecule has 1 heterocycles. The summed E-state index contributed by atoms with van der Waals surface area (Å²) in [5.74, 6) is -0.0646. The number of fused-ring (bicyclic) bond motifs is 2. The summed E-state index contributed by atoms with van der Waals surface area (Å²) in [6.45, 7) is 3.62. The molecule has 2 saturated carbocycles. The van der Waals surface area contributed by atoms with Gasteiger partial charge < -0.3 is 19.6 Å². The fourth-order valence-electron chi connectivity index (χ4n) is 4.27. The number of hydrogen-bond donors (Lipinski definition) is 1. The highest BCUT2D eigenvalue weighted by Crippen LogP contribution is 2.56. The number of aliphatic hydroxyl groups is 1. The van der Waals surface area contributed by atoms with Gasteiger partial charge >= 0.3 is 0 Å². The maximum absolute atomic E-state index is 12.4. The Hall–Kier alpha value is -1.14. The molecule has 3 aliphatic rings. The van der Waals surface area contributed by atoms with Crippen molar-refractivity contribution in [2.24, 2.45) is 0 Å². The summed E-state index contributed by atoms with van der Waals surface area (Å²) in [6.07, 6.45) is 3.47. The molecule has 0 radical (unpaired) electrons. The second-order valence-corrected chi connectivity index (χ2v) is 6.27. The Morgan fingerprint density at radius 3 is 2.05 bits per heavy atom. The molecule has 6 heteroatoms. The third kappa shape index (κ3) is 1.60. The number of amides is 2. The molecule has 3 rings (SSSR count). The van der Waals surface area contributed by atoms with Gasteiger partial charge in [-0.2, -0.15) is 0 Å². The van der Waals surface area contributed by atoms with Crippen LogP contribution in [0, 0.1) is 0 Å². The van der Waals surface area contributed by atoms with Crippen molar-refractivity contribution in [1.82, 2.24) is 9.80 Å². The number of carbonyl (C=O) groups excluding carboxylic acids is 2. The minimum absolute atomic E-state index is 0.00623. The number of methoxy groups -OCH3 is 1. The van der Waals surface area contributed by atoms with Gasteiger partial charge in [-0.25, -0.2) is 0 Å². The minimum Gasteiger partial charge on any atom is -0.369 e. The van der Waals surface area contributed by atoms with Crippen LogP contribution in [-0.4, -0.2) is 57.4 Å². The van der Waals surface area contributed by atoms with Crippen LogP contribution in [0.4, 0.5) is 0 Å². The minimum atomic E-state index is -1.20. The van der Waals surface area contributed by atoms with Gasteiger partial charge in [0.05, 0.1) is 12.1 Å². The molecule has 0 aromatic heterocycles. The van der Waals surface area contributed by atoms with Gasteiger partial charge in [0.2, 0.25) is 11.8 Å². The summed E-state index contributed by atoms with van der Waals surface area (Å²) >= 11 is 0. The first-order valence-electron chi connectivity index (χ1n) is 7.88. The number of hydrogen-bond acceptors (Lipinski definition) is 4. The van der Waals surface area contributed by atoms with E-state index in [-0.39, 0.29) is 23.9 Å². The molecule has 2 amide bonds. The Morgan fingerprint density at radius 2 is 1.67 bits per heavy atom. The van der Waals surface area contributed by atoms with Gasteiger partial charge in [0.25, 0.3) is 0 Å². The Bertz CT molecular complexity index is 478. The number of nitrogens with zero attached hydrogens (tertiary/aromatic N) is 2. The highest BCUT2D eigenvalue weighted by Gasteiger charge is 2.71. The van der Waals surface area contributed by atoms with Gasteiger partial charge in [-0.3, -0.25) is 9.59 Å². The van der Waals surface area contributed by atoms with Crippen LogP contribution in [0.1, 0.15) is 52.4 Å². The zero-order valence-corrected chi connectivity index (χ0v) is 13.0. The lowest BCUT2D eigenvalue weighted by molar-refractivity contribution is -0.350. The molecular weight excluding hydrogens is 272 g/mol. The fourth-order valence-corrected chi connectivity index (χ4v) is 4.27. The standard InChI is InChI=1S/C15H24N2O4/c1-4-12(18)16-11-7-9-15(11,21-3)17(13(19)5-2)10-6-8-14(10,16)20/h10-11,20H,4-9H2,1-3H3. The van der Waals surface area contributed by atoms with Crippen LogP contribution in [0.25, 0.3) is 0 Å². The molecule has 1 aliphatic heterocycles. The molecule has 4 unspecified atom stereocenters. The van der Waals surface area contributed by atoms with E-state index in [0.29, 0.717) is 25.7 Å². The zero-order valence-electron chi connectivity index (χ0n) is 13.0. The van der Waals surface area contributed by atoms with Crippen molar-refractivity contribution in [2.75, 3.05) is 7.11 Å². The van der Waals surface area contributed by atoms with E-state index in [2.05, 4.69) is 0 Å². The van der Waals surface area contributed by atoms with Crippen LogP contribution in [0.2, 0.25) is 0 Å². The smallest absolute Gasteiger partial charge is 0.225 e. The molecular formula is C15H24N2O4. The lowest BCUT2D eigenvalue weighted by atomic mass is 9.66. The lowest BCUT2D eigenvalue weighted by Crippen LogP contribution is -2.88. The zero-order chi connectivity index (χ0) is 15.4. The van der Waals surface area contributed by atoms with Gasteiger partial charge in [0.15, 0.2) is 11.4 Å². The summed E-state index contributed by atoms with van der Waals surface area (Å²) in [7, 11) is 1.60. The molecule has 0 aromatic carbocycles. The second-order valence-electron chi connectivity index (χ2n) is 6.27. The van der Waals surface area contributed by atoms with Crippen LogP contribution in [0.15, 0.2) is 0 Å². The van der Waals surface area contributed by atoms with Gasteiger partial charge in [0, 0.05) is 20.0 Å². The summed E-state index contributed by atoms with van der Waals surface area (Å²) in [5, 5.41) is 11.0. The van der Waals surface area contributed by atoms with E-state index in [9.17, 15) is 14.7 Å². The van der Waals surface area contributed by atoms with Gasteiger partial charge in [0.1, 0.15) is 0 Å². The van der Waals surface area contributed by atoms with E-state index in [4.69, 9.17) is 4.74 Å². The Balaban J connectivity index is 2.04. The number of ether oxygens (including phenoxy) is 1. The van der Waals surface area contributed by atoms with Crippen molar-refractivity contribution in [3.8, 4) is 0 Å². The van der Waals surface area contributed by atoms with Crippen molar-refractivity contribution < 1.29 is 19.4 Å². The van der Waals surface area contributed by atoms with Crippen molar-refractivity contribution in [3.63, 3.8) is 0 Å². The van der Waals surface area contributed by atoms with E-state index < -0.39 is 11.4 Å². The molecule has 0 spiro atoms. The van der Waals surface area contributed by atoms with E-state index in [0.717, 1.165) is 12.8 Å². The molecule has 4 atom stereocenters. The molecule has 0 bridgehead atoms. The van der Waals surface area contributed by atoms with Gasteiger partial charge in [-0.1, -0.05) is 13.8 Å². The first-order chi connectivity index (χ1) is 9.96. The number of piperazine rings is 1. The summed E-state index contributed by atoms with van der Waals surface area (Å²) in [6, 6.07) is -0.566. The van der Waals surface area contributed by atoms with Crippen molar-refractivity contribution in [1.29, 1.82) is 0 Å². The van der Waals surface area contributed by atoms with Crippen LogP contribution >= 0.6 is 0 Å². The molecule has 21 heavy (non-hydrogen) atoms. The van der Waals surface area contributed by atoms with Crippen molar-refractivity contribution in [2.45, 2.75) is 75.9 Å². The maximum atomic E-state index is 12.4. The van der Waals surface area contributed by atoms with Crippen LogP contribution < -0.4 is 0 Å². The summed E-state index contributed by atoms with van der Waals surface area (Å²) in [4.78, 5) is 28.2. The van der Waals surface area contributed by atoms with E-state index >= 15 is 0 Å². The first-order valence-corrected chi connectivity index (χ1v) is 7.88. The first kappa shape index (κ1) is 14.8. The average molecular weight is 296 g/mol. The predicted octanol–water partition coefficient (Wildman–Crippen LogP) is 0.833. The lowest BCUT2D eigenvalue weighted by Gasteiger charge is -2.72. The topological polar surface area (TPSA) is 70.1 Å². The molecule has 1 N–H and O–H groups in total. The second kappa shape index (κ2) is 4.68. The quantitative estimate of drug-likeness (QED) is 0.837. The SMILES string of the molecule is CCC(=O)N1C2CCC2(OC)N(C(=O)CC)C2CCC21O. The number of carbonyl (C=O) groups is 2. The fraction of sp³-hybridized carbons (Fsp3) is 0.867. The van der Waals surface area contributed by atoms with Crippen LogP contribution in [0.5, 0.6) is 0 Å². The summed E-state index contributed by atoms with van der Waals surface area (Å²) < 4.78 is 5.74. The Morgan fingerprint density at radius 1 is 1.10 bits per heavy atom.